The number of methoxy groups -OCH3 is 1. The number of hydrogen-bond donors (Lipinski definition) is 2. The zero-order valence-corrected chi connectivity index (χ0v) is 24.0. The Morgan fingerprint density at radius 2 is 1.88 bits per heavy atom. The van der Waals surface area contributed by atoms with E-state index >= 15 is 0 Å². The molecular weight excluding hydrogens is 580 g/mol. The summed E-state index contributed by atoms with van der Waals surface area (Å²) in [6.45, 7) is 0.245. The van der Waals surface area contributed by atoms with Crippen molar-refractivity contribution in [1.82, 2.24) is 14.8 Å². The molecule has 0 saturated carbocycles. The molecule has 1 aliphatic rings. The van der Waals surface area contributed by atoms with E-state index in [0.717, 1.165) is 49.9 Å². The van der Waals surface area contributed by atoms with Gasteiger partial charge in [0.25, 0.3) is 0 Å². The highest BCUT2D eigenvalue weighted by molar-refractivity contribution is 7.90. The van der Waals surface area contributed by atoms with Crippen LogP contribution in [0.25, 0.3) is 10.9 Å². The molecule has 0 unspecified atom stereocenters. The fourth-order valence-electron chi connectivity index (χ4n) is 4.63. The van der Waals surface area contributed by atoms with Crippen molar-refractivity contribution in [3.8, 4) is 23.3 Å². The van der Waals surface area contributed by atoms with E-state index in [1.165, 1.54) is 0 Å². The van der Waals surface area contributed by atoms with Crippen LogP contribution in [0.5, 0.6) is 11.5 Å². The van der Waals surface area contributed by atoms with Crippen molar-refractivity contribution < 1.29 is 40.2 Å². The number of nitrogens with one attached hydrogen (secondary N) is 2. The number of anilines is 1. The van der Waals surface area contributed by atoms with Crippen LogP contribution in [0.15, 0.2) is 41.3 Å². The van der Waals surface area contributed by atoms with Gasteiger partial charge in [-0.25, -0.2) is 17.6 Å². The van der Waals surface area contributed by atoms with Gasteiger partial charge in [0.1, 0.15) is 6.54 Å². The van der Waals surface area contributed by atoms with Crippen LogP contribution in [0.3, 0.4) is 0 Å². The molecule has 226 valence electrons. The molecule has 1 aromatic heterocycles. The summed E-state index contributed by atoms with van der Waals surface area (Å²) in [5, 5.41) is 6.33. The van der Waals surface area contributed by atoms with E-state index < -0.39 is 40.2 Å². The predicted molar refractivity (Wildman–Crippen MR) is 149 cm³/mol. The van der Waals surface area contributed by atoms with Crippen molar-refractivity contribution in [2.75, 3.05) is 45.4 Å². The summed E-state index contributed by atoms with van der Waals surface area (Å²) >= 11 is 0. The SMILES string of the molecule is COc1cc(S(C)(=O)=O)cc(F)c1OC(=O)NCC#Cc1cc2c(NC3CCN(C)CC3)cccc2n1CC(F)(F)F. The molecule has 1 amide bonds. The second-order valence-corrected chi connectivity index (χ2v) is 12.0. The van der Waals surface area contributed by atoms with Crippen molar-refractivity contribution in [3.05, 3.63) is 47.9 Å². The zero-order valence-electron chi connectivity index (χ0n) is 23.1. The van der Waals surface area contributed by atoms with Crippen LogP contribution < -0.4 is 20.1 Å². The monoisotopic (exact) mass is 610 g/mol. The van der Waals surface area contributed by atoms with Gasteiger partial charge in [-0.2, -0.15) is 13.2 Å². The van der Waals surface area contributed by atoms with Crippen molar-refractivity contribution >= 4 is 32.5 Å². The Labute approximate surface area is 240 Å². The van der Waals surface area contributed by atoms with Crippen LogP contribution in [0, 0.1) is 17.7 Å². The molecule has 1 fully saturated rings. The van der Waals surface area contributed by atoms with Gasteiger partial charge in [-0.15, -0.1) is 0 Å². The number of piperidine rings is 1. The predicted octanol–water partition coefficient (Wildman–Crippen LogP) is 4.40. The third-order valence-corrected chi connectivity index (χ3v) is 7.82. The van der Waals surface area contributed by atoms with Crippen LogP contribution in [-0.2, 0) is 16.4 Å². The second kappa shape index (κ2) is 12.5. The number of likely N-dealkylation sites (tertiary alicyclic amines) is 1. The van der Waals surface area contributed by atoms with Crippen LogP contribution in [0.2, 0.25) is 0 Å². The topological polar surface area (TPSA) is 102 Å². The minimum absolute atomic E-state index is 0.0965. The van der Waals surface area contributed by atoms with E-state index in [9.17, 15) is 30.8 Å². The number of sulfone groups is 1. The van der Waals surface area contributed by atoms with Gasteiger partial charge in [-0.1, -0.05) is 12.0 Å². The third kappa shape index (κ3) is 7.65. The fourth-order valence-corrected chi connectivity index (χ4v) is 5.26. The molecule has 0 spiro atoms. The Bertz CT molecular complexity index is 1640. The fraction of sp³-hybridized carbons (Fsp3) is 0.393. The maximum absolute atomic E-state index is 14.5. The Kier molecular flexibility index (Phi) is 9.22. The highest BCUT2D eigenvalue weighted by Gasteiger charge is 2.30. The summed E-state index contributed by atoms with van der Waals surface area (Å²) in [4.78, 5) is 14.1. The summed E-state index contributed by atoms with van der Waals surface area (Å²) in [6, 6.07) is 8.58. The molecular formula is C28H30F4N4O5S. The van der Waals surface area contributed by atoms with Crippen molar-refractivity contribution in [1.29, 1.82) is 0 Å². The zero-order chi connectivity index (χ0) is 30.7. The number of carbonyl (C=O) groups excluding carboxylic acids is 1. The molecule has 0 atom stereocenters. The summed E-state index contributed by atoms with van der Waals surface area (Å²) in [5.74, 6) is 3.19. The largest absolute Gasteiger partial charge is 0.493 e. The van der Waals surface area contributed by atoms with Gasteiger partial charge in [-0.05, 0) is 63.2 Å². The summed E-state index contributed by atoms with van der Waals surface area (Å²) in [5.41, 5.74) is 1.17. The first-order chi connectivity index (χ1) is 19.7. The average molecular weight is 611 g/mol. The Morgan fingerprint density at radius 3 is 2.52 bits per heavy atom. The molecule has 0 bridgehead atoms. The molecule has 2 heterocycles. The Morgan fingerprint density at radius 1 is 1.17 bits per heavy atom. The lowest BCUT2D eigenvalue weighted by Gasteiger charge is -2.30. The van der Waals surface area contributed by atoms with E-state index in [1.54, 1.807) is 18.2 Å². The number of benzene rings is 2. The average Bonchev–Trinajstić information content (AvgIpc) is 3.25. The van der Waals surface area contributed by atoms with Gasteiger partial charge in [0.05, 0.1) is 29.8 Å². The Balaban J connectivity index is 1.52. The first kappa shape index (κ1) is 31.0. The number of hydrogen-bond acceptors (Lipinski definition) is 7. The van der Waals surface area contributed by atoms with Crippen molar-refractivity contribution in [2.45, 2.75) is 36.5 Å². The number of rotatable bonds is 7. The smallest absolute Gasteiger partial charge is 0.413 e. The van der Waals surface area contributed by atoms with Gasteiger partial charge < -0.3 is 29.6 Å². The van der Waals surface area contributed by atoms with Gasteiger partial charge in [0, 0.05) is 29.4 Å². The quantitative estimate of drug-likeness (QED) is 0.302. The van der Waals surface area contributed by atoms with E-state index in [1.807, 2.05) is 13.1 Å². The molecule has 4 rings (SSSR count). The van der Waals surface area contributed by atoms with Crippen LogP contribution in [0.4, 0.5) is 28.0 Å². The van der Waals surface area contributed by atoms with E-state index in [0.29, 0.717) is 22.7 Å². The lowest BCUT2D eigenvalue weighted by molar-refractivity contribution is -0.140. The maximum atomic E-state index is 14.5. The Hall–Kier alpha value is -3.96. The normalized spacial score (nSPS) is 14.7. The number of nitrogens with zero attached hydrogens (tertiary/aromatic N) is 2. The molecule has 42 heavy (non-hydrogen) atoms. The maximum Gasteiger partial charge on any atom is 0.413 e. The van der Waals surface area contributed by atoms with Crippen molar-refractivity contribution in [3.63, 3.8) is 0 Å². The lowest BCUT2D eigenvalue weighted by atomic mass is 10.0. The molecule has 1 saturated heterocycles. The van der Waals surface area contributed by atoms with E-state index in [-0.39, 0.29) is 28.9 Å². The van der Waals surface area contributed by atoms with Crippen molar-refractivity contribution in [2.24, 2.45) is 0 Å². The number of alkyl halides is 3. The number of fused-ring (bicyclic) bond motifs is 1. The highest BCUT2D eigenvalue weighted by Crippen LogP contribution is 2.34. The van der Waals surface area contributed by atoms with Crippen LogP contribution in [0.1, 0.15) is 18.5 Å². The summed E-state index contributed by atoms with van der Waals surface area (Å²) in [6.07, 6.45) is -2.94. The lowest BCUT2D eigenvalue weighted by Crippen LogP contribution is -2.36. The molecule has 2 N–H and O–H groups in total. The summed E-state index contributed by atoms with van der Waals surface area (Å²) in [7, 11) is -0.570. The molecule has 0 radical (unpaired) electrons. The number of carbonyl (C=O) groups is 1. The van der Waals surface area contributed by atoms with Crippen LogP contribution >= 0.6 is 0 Å². The van der Waals surface area contributed by atoms with Gasteiger partial charge >= 0.3 is 12.3 Å². The number of amides is 1. The molecule has 0 aliphatic carbocycles. The second-order valence-electron chi connectivity index (χ2n) is 9.94. The van der Waals surface area contributed by atoms with E-state index in [2.05, 4.69) is 27.4 Å². The number of halogens is 4. The standard InChI is InChI=1S/C28H30F4N4O5S/c1-35-12-9-18(10-13-35)34-23-7-4-8-24-21(23)14-19(36(24)17-28(30,31)32)6-5-11-33-27(37)41-26-22(29)15-20(42(3,38)39)16-25(26)40-2/h4,7-8,14-16,18,34H,9-13,17H2,1-3H3,(H,33,37). The molecule has 14 heteroatoms. The number of aromatic nitrogens is 1. The minimum Gasteiger partial charge on any atom is -0.493 e. The van der Waals surface area contributed by atoms with Gasteiger partial charge in [0.2, 0.25) is 5.75 Å². The minimum atomic E-state index is -4.50. The summed E-state index contributed by atoms with van der Waals surface area (Å²) < 4.78 is 89.4. The number of ether oxygens (including phenoxy) is 2. The molecule has 3 aromatic rings. The first-order valence-electron chi connectivity index (χ1n) is 12.9. The van der Waals surface area contributed by atoms with Gasteiger partial charge in [0.15, 0.2) is 21.4 Å². The van der Waals surface area contributed by atoms with E-state index in [4.69, 9.17) is 9.47 Å². The first-order valence-corrected chi connectivity index (χ1v) is 14.8. The van der Waals surface area contributed by atoms with Crippen LogP contribution in [-0.4, -0.2) is 76.2 Å². The molecule has 9 nitrogen and oxygen atoms in total. The third-order valence-electron chi connectivity index (χ3n) is 6.72. The molecule has 1 aliphatic heterocycles. The van der Waals surface area contributed by atoms with Gasteiger partial charge in [-0.3, -0.25) is 0 Å². The molecule has 2 aromatic carbocycles. The highest BCUT2D eigenvalue weighted by atomic mass is 32.2.